The summed E-state index contributed by atoms with van der Waals surface area (Å²) in [6.07, 6.45) is -13.3. The van der Waals surface area contributed by atoms with Crippen LogP contribution in [0, 0.1) is 0 Å². The maximum Gasteiger partial charge on any atom is 0.420 e. The number of halogens is 6. The molecule has 0 heterocycles. The van der Waals surface area contributed by atoms with Crippen LogP contribution >= 0.6 is 0 Å². The van der Waals surface area contributed by atoms with Crippen LogP contribution in [0.15, 0.2) is 59.5 Å². The molecule has 0 aliphatic rings. The minimum Gasteiger partial charge on any atom is -0.315 e. The Kier molecular flexibility index (Phi) is 6.90. The first kappa shape index (κ1) is 24.5. The Morgan fingerprint density at radius 1 is 0.839 bits per heavy atom. The van der Waals surface area contributed by atoms with Crippen LogP contribution in [0.1, 0.15) is 13.3 Å². The van der Waals surface area contributed by atoms with Crippen LogP contribution in [0.25, 0.3) is 11.1 Å². The van der Waals surface area contributed by atoms with Gasteiger partial charge in [0.2, 0.25) is 5.54 Å². The lowest BCUT2D eigenvalue weighted by Crippen LogP contribution is -2.69. The molecule has 0 saturated carbocycles. The van der Waals surface area contributed by atoms with Crippen LogP contribution in [0.3, 0.4) is 0 Å². The Labute approximate surface area is 173 Å². The molecule has 0 radical (unpaired) electrons. The number of nitrogens with one attached hydrogen (secondary N) is 3. The fourth-order valence-corrected chi connectivity index (χ4v) is 3.49. The van der Waals surface area contributed by atoms with E-state index in [4.69, 9.17) is 0 Å². The largest absolute Gasteiger partial charge is 0.420 e. The molecular weight excluding hydrogens is 452 g/mol. The van der Waals surface area contributed by atoms with E-state index >= 15 is 0 Å². The quantitative estimate of drug-likeness (QED) is 0.440. The third-order valence-electron chi connectivity index (χ3n) is 4.40. The van der Waals surface area contributed by atoms with E-state index in [9.17, 15) is 39.6 Å². The highest BCUT2D eigenvalue weighted by Crippen LogP contribution is 2.45. The molecule has 13 heteroatoms. The number of carbonyl (C=O) groups is 1. The van der Waals surface area contributed by atoms with Gasteiger partial charge in [-0.1, -0.05) is 49.4 Å². The number of urea groups is 1. The van der Waals surface area contributed by atoms with Crippen molar-refractivity contribution in [2.45, 2.75) is 36.1 Å². The summed E-state index contributed by atoms with van der Waals surface area (Å²) < 4.78 is 103. The third-order valence-corrected chi connectivity index (χ3v) is 5.66. The molecule has 6 nitrogen and oxygen atoms in total. The molecular formula is C18H17F6N3O3S. The highest BCUT2D eigenvalue weighted by Gasteiger charge is 2.70. The van der Waals surface area contributed by atoms with Gasteiger partial charge in [-0.2, -0.15) is 26.3 Å². The molecule has 2 aromatic carbocycles. The van der Waals surface area contributed by atoms with Crippen LogP contribution < -0.4 is 15.6 Å². The van der Waals surface area contributed by atoms with E-state index in [0.717, 1.165) is 23.0 Å². The van der Waals surface area contributed by atoms with E-state index in [2.05, 4.69) is 0 Å². The number of alkyl halides is 6. The minimum absolute atomic E-state index is 0.374. The van der Waals surface area contributed by atoms with E-state index in [1.54, 1.807) is 30.3 Å². The number of hydrogen-bond donors (Lipinski definition) is 3. The third kappa shape index (κ3) is 5.28. The van der Waals surface area contributed by atoms with Gasteiger partial charge < -0.3 is 5.32 Å². The molecule has 3 N–H and O–H groups in total. The van der Waals surface area contributed by atoms with Crippen molar-refractivity contribution in [3.8, 4) is 11.1 Å². The lowest BCUT2D eigenvalue weighted by molar-refractivity contribution is -0.304. The smallest absolute Gasteiger partial charge is 0.315 e. The fraction of sp³-hybridized carbons (Fsp3) is 0.278. The van der Waals surface area contributed by atoms with Crippen molar-refractivity contribution in [3.63, 3.8) is 0 Å². The molecule has 0 atom stereocenters. The Bertz CT molecular complexity index is 993. The first-order valence-electron chi connectivity index (χ1n) is 8.62. The Hall–Kier alpha value is -2.80. The van der Waals surface area contributed by atoms with Crippen LogP contribution in [-0.4, -0.2) is 32.3 Å². The summed E-state index contributed by atoms with van der Waals surface area (Å²) in [6.45, 7) is 0.583. The number of rotatable bonds is 6. The van der Waals surface area contributed by atoms with Gasteiger partial charge in [0.15, 0.2) is 0 Å². The van der Waals surface area contributed by atoms with Crippen LogP contribution in [0.2, 0.25) is 0 Å². The predicted molar refractivity (Wildman–Crippen MR) is 99.0 cm³/mol. The average Bonchev–Trinajstić information content (AvgIpc) is 2.69. The van der Waals surface area contributed by atoms with Crippen molar-refractivity contribution in [1.29, 1.82) is 0 Å². The number of carbonyl (C=O) groups excluding carboxylic acids is 1. The van der Waals surface area contributed by atoms with Gasteiger partial charge in [0, 0.05) is 0 Å². The van der Waals surface area contributed by atoms with Gasteiger partial charge >= 0.3 is 18.4 Å². The van der Waals surface area contributed by atoms with Crippen molar-refractivity contribution in [3.05, 3.63) is 54.6 Å². The standard InChI is InChI=1S/C18H17F6N3O3S/c1-2-16(17(19,20)21,18(22,23)24)25-15(28)26-27-31(29,30)14-10-8-13(9-11-14)12-6-4-3-5-7-12/h3-11,27H,2H2,1H3,(H2,25,26,28). The topological polar surface area (TPSA) is 87.3 Å². The molecule has 0 fully saturated rings. The molecule has 2 aromatic rings. The number of hydrazine groups is 1. The number of sulfonamides is 1. The van der Waals surface area contributed by atoms with Gasteiger partial charge in [0.25, 0.3) is 10.0 Å². The maximum atomic E-state index is 13.0. The number of benzene rings is 2. The molecule has 2 rings (SSSR count). The second-order valence-corrected chi connectivity index (χ2v) is 8.01. The predicted octanol–water partition coefficient (Wildman–Crippen LogP) is 4.12. The van der Waals surface area contributed by atoms with Gasteiger partial charge in [-0.3, -0.25) is 5.43 Å². The van der Waals surface area contributed by atoms with Crippen LogP contribution in [0.4, 0.5) is 31.1 Å². The Balaban J connectivity index is 2.13. The molecule has 31 heavy (non-hydrogen) atoms. The SMILES string of the molecule is CCC(NC(=O)NNS(=O)(=O)c1ccc(-c2ccccc2)cc1)(C(F)(F)F)C(F)(F)F. The molecule has 0 bridgehead atoms. The highest BCUT2D eigenvalue weighted by molar-refractivity contribution is 7.89. The number of hydrogen-bond acceptors (Lipinski definition) is 3. The molecule has 0 spiro atoms. The van der Waals surface area contributed by atoms with Crippen LogP contribution in [-0.2, 0) is 10.0 Å². The molecule has 2 amide bonds. The van der Waals surface area contributed by atoms with Crippen molar-refractivity contribution < 1.29 is 39.6 Å². The second kappa shape index (κ2) is 8.75. The van der Waals surface area contributed by atoms with Crippen molar-refractivity contribution in [2.24, 2.45) is 0 Å². The summed E-state index contributed by atoms with van der Waals surface area (Å²) in [5.41, 5.74) is -1.79. The summed E-state index contributed by atoms with van der Waals surface area (Å²) in [6, 6.07) is 12.0. The average molecular weight is 469 g/mol. The molecule has 170 valence electrons. The van der Waals surface area contributed by atoms with E-state index in [1.165, 1.54) is 22.4 Å². The molecule has 0 saturated heterocycles. The van der Waals surface area contributed by atoms with Crippen molar-refractivity contribution in [1.82, 2.24) is 15.6 Å². The van der Waals surface area contributed by atoms with E-state index in [0.29, 0.717) is 12.5 Å². The van der Waals surface area contributed by atoms with Gasteiger partial charge in [0.1, 0.15) is 0 Å². The summed E-state index contributed by atoms with van der Waals surface area (Å²) >= 11 is 0. The zero-order valence-corrected chi connectivity index (χ0v) is 16.6. The van der Waals surface area contributed by atoms with E-state index < -0.39 is 40.4 Å². The van der Waals surface area contributed by atoms with Gasteiger partial charge in [0.05, 0.1) is 4.90 Å². The first-order valence-corrected chi connectivity index (χ1v) is 10.1. The summed E-state index contributed by atoms with van der Waals surface area (Å²) in [4.78, 5) is 12.8. The summed E-state index contributed by atoms with van der Waals surface area (Å²) in [5, 5.41) is 0.788. The lowest BCUT2D eigenvalue weighted by Gasteiger charge is -2.36. The first-order chi connectivity index (χ1) is 14.2. The molecule has 0 aromatic heterocycles. The van der Waals surface area contributed by atoms with Gasteiger partial charge in [-0.25, -0.2) is 13.2 Å². The molecule has 0 aliphatic heterocycles. The fourth-order valence-electron chi connectivity index (χ4n) is 2.65. The zero-order valence-electron chi connectivity index (χ0n) is 15.8. The Morgan fingerprint density at radius 2 is 1.32 bits per heavy atom. The van der Waals surface area contributed by atoms with Crippen LogP contribution in [0.5, 0.6) is 0 Å². The molecule has 0 unspecified atom stereocenters. The van der Waals surface area contributed by atoms with E-state index in [1.807, 2.05) is 0 Å². The zero-order chi connectivity index (χ0) is 23.5. The van der Waals surface area contributed by atoms with Gasteiger partial charge in [-0.15, -0.1) is 4.83 Å². The normalized spacial score (nSPS) is 13.0. The summed E-state index contributed by atoms with van der Waals surface area (Å²) in [7, 11) is -4.47. The van der Waals surface area contributed by atoms with E-state index in [-0.39, 0.29) is 4.90 Å². The monoisotopic (exact) mass is 469 g/mol. The summed E-state index contributed by atoms with van der Waals surface area (Å²) in [5.74, 6) is 0. The minimum atomic E-state index is -5.87. The lowest BCUT2D eigenvalue weighted by atomic mass is 9.94. The van der Waals surface area contributed by atoms with Gasteiger partial charge in [-0.05, 0) is 29.7 Å². The maximum absolute atomic E-state index is 13.0. The van der Waals surface area contributed by atoms with Crippen molar-refractivity contribution >= 4 is 16.1 Å². The number of amides is 2. The highest BCUT2D eigenvalue weighted by atomic mass is 32.2. The van der Waals surface area contributed by atoms with Crippen molar-refractivity contribution in [2.75, 3.05) is 0 Å². The Morgan fingerprint density at radius 3 is 1.77 bits per heavy atom. The second-order valence-electron chi connectivity index (χ2n) is 6.33. The molecule has 0 aliphatic carbocycles.